The van der Waals surface area contributed by atoms with Gasteiger partial charge >= 0.3 is 0 Å². The van der Waals surface area contributed by atoms with E-state index in [0.717, 1.165) is 19.6 Å². The molecule has 0 radical (unpaired) electrons. The Bertz CT molecular complexity index is 184. The molecule has 0 amide bonds. The van der Waals surface area contributed by atoms with E-state index >= 15 is 0 Å². The van der Waals surface area contributed by atoms with Crippen molar-refractivity contribution >= 4 is 0 Å². The summed E-state index contributed by atoms with van der Waals surface area (Å²) in [4.78, 5) is 2.50. The van der Waals surface area contributed by atoms with Crippen LogP contribution in [0.25, 0.3) is 0 Å². The normalized spacial score (nSPS) is 28.6. The maximum absolute atomic E-state index is 5.57. The Kier molecular flexibility index (Phi) is 5.03. The van der Waals surface area contributed by atoms with Crippen LogP contribution in [-0.2, 0) is 4.74 Å². The summed E-state index contributed by atoms with van der Waals surface area (Å²) >= 11 is 0. The van der Waals surface area contributed by atoms with E-state index < -0.39 is 0 Å². The van der Waals surface area contributed by atoms with Crippen LogP contribution in [0.4, 0.5) is 0 Å². The van der Waals surface area contributed by atoms with Crippen LogP contribution in [-0.4, -0.2) is 49.8 Å². The molecule has 1 saturated heterocycles. The number of hydrogen-bond acceptors (Lipinski definition) is 3. The zero-order chi connectivity index (χ0) is 11.3. The van der Waals surface area contributed by atoms with Crippen molar-refractivity contribution in [3.63, 3.8) is 0 Å². The lowest BCUT2D eigenvalue weighted by Crippen LogP contribution is -2.49. The molecule has 0 aromatic rings. The highest BCUT2D eigenvalue weighted by Gasteiger charge is 2.30. The molecule has 1 N–H and O–H groups in total. The van der Waals surface area contributed by atoms with Crippen LogP contribution < -0.4 is 5.32 Å². The average Bonchev–Trinajstić information content (AvgIpc) is 2.17. The molecular formula is C12H26N2O. The molecule has 0 aromatic heterocycles. The molecule has 3 heteroatoms. The Labute approximate surface area is 94.2 Å². The summed E-state index contributed by atoms with van der Waals surface area (Å²) in [5, 5.41) is 3.46. The summed E-state index contributed by atoms with van der Waals surface area (Å²) in [5.41, 5.74) is 0.0794. The van der Waals surface area contributed by atoms with Crippen molar-refractivity contribution in [2.45, 2.75) is 45.3 Å². The van der Waals surface area contributed by atoms with Crippen molar-refractivity contribution < 1.29 is 4.74 Å². The number of nitrogens with zero attached hydrogens (tertiary/aromatic N) is 1. The van der Waals surface area contributed by atoms with E-state index in [0.29, 0.717) is 6.04 Å². The summed E-state index contributed by atoms with van der Waals surface area (Å²) in [7, 11) is 1.83. The summed E-state index contributed by atoms with van der Waals surface area (Å²) in [6.45, 7) is 11.1. The van der Waals surface area contributed by atoms with Gasteiger partial charge in [-0.2, -0.15) is 0 Å². The van der Waals surface area contributed by atoms with Gasteiger partial charge in [-0.3, -0.25) is 4.90 Å². The van der Waals surface area contributed by atoms with E-state index in [2.05, 4.69) is 31.0 Å². The van der Waals surface area contributed by atoms with Crippen LogP contribution in [0.15, 0.2) is 0 Å². The Morgan fingerprint density at radius 1 is 1.47 bits per heavy atom. The number of piperidine rings is 1. The quantitative estimate of drug-likeness (QED) is 0.750. The summed E-state index contributed by atoms with van der Waals surface area (Å²) < 4.78 is 5.57. The lowest BCUT2D eigenvalue weighted by atomic mass is 9.95. The first-order valence-electron chi connectivity index (χ1n) is 6.07. The average molecular weight is 214 g/mol. The monoisotopic (exact) mass is 214 g/mol. The minimum atomic E-state index is 0.0794. The van der Waals surface area contributed by atoms with E-state index in [1.807, 2.05) is 7.11 Å². The van der Waals surface area contributed by atoms with Crippen LogP contribution in [0.3, 0.4) is 0 Å². The number of rotatable bonds is 5. The zero-order valence-electron chi connectivity index (χ0n) is 10.7. The van der Waals surface area contributed by atoms with Gasteiger partial charge < -0.3 is 10.1 Å². The number of hydrogen-bond donors (Lipinski definition) is 1. The maximum Gasteiger partial charge on any atom is 0.0777 e. The Morgan fingerprint density at radius 2 is 2.20 bits per heavy atom. The second kappa shape index (κ2) is 5.83. The van der Waals surface area contributed by atoms with E-state index in [9.17, 15) is 0 Å². The van der Waals surface area contributed by atoms with Gasteiger partial charge in [0.2, 0.25) is 0 Å². The molecule has 1 fully saturated rings. The van der Waals surface area contributed by atoms with Crippen molar-refractivity contribution in [3.05, 3.63) is 0 Å². The van der Waals surface area contributed by atoms with Gasteiger partial charge in [-0.05, 0) is 26.3 Å². The van der Waals surface area contributed by atoms with Crippen LogP contribution in [0.2, 0.25) is 0 Å². The van der Waals surface area contributed by atoms with Crippen molar-refractivity contribution in [1.82, 2.24) is 10.2 Å². The molecule has 1 unspecified atom stereocenters. The van der Waals surface area contributed by atoms with Crippen molar-refractivity contribution in [2.75, 3.05) is 33.3 Å². The highest BCUT2D eigenvalue weighted by Crippen LogP contribution is 2.23. The molecular weight excluding hydrogens is 188 g/mol. The molecule has 0 aliphatic carbocycles. The Hall–Kier alpha value is -0.120. The second-order valence-electron chi connectivity index (χ2n) is 5.14. The van der Waals surface area contributed by atoms with E-state index in [-0.39, 0.29) is 5.60 Å². The maximum atomic E-state index is 5.57. The van der Waals surface area contributed by atoms with E-state index in [4.69, 9.17) is 4.74 Å². The van der Waals surface area contributed by atoms with Crippen molar-refractivity contribution in [2.24, 2.45) is 0 Å². The van der Waals surface area contributed by atoms with Crippen molar-refractivity contribution in [3.8, 4) is 0 Å². The number of nitrogens with one attached hydrogen (secondary N) is 1. The first-order valence-corrected chi connectivity index (χ1v) is 6.07. The predicted molar refractivity (Wildman–Crippen MR) is 64.2 cm³/mol. The highest BCUT2D eigenvalue weighted by atomic mass is 16.5. The van der Waals surface area contributed by atoms with Crippen LogP contribution in [0.1, 0.15) is 33.6 Å². The van der Waals surface area contributed by atoms with E-state index in [1.165, 1.54) is 19.4 Å². The lowest BCUT2D eigenvalue weighted by Gasteiger charge is -2.39. The molecule has 90 valence electrons. The fraction of sp³-hybridized carbons (Fsp3) is 1.00. The standard InChI is InChI=1S/C12H26N2O/c1-11(2)13-7-9-14-8-5-6-12(3,10-14)15-4/h11,13H,5-10H2,1-4H3. The van der Waals surface area contributed by atoms with Gasteiger partial charge in [0.25, 0.3) is 0 Å². The largest absolute Gasteiger partial charge is 0.377 e. The van der Waals surface area contributed by atoms with Gasteiger partial charge in [0, 0.05) is 32.8 Å². The fourth-order valence-corrected chi connectivity index (χ4v) is 2.18. The van der Waals surface area contributed by atoms with E-state index in [1.54, 1.807) is 0 Å². The topological polar surface area (TPSA) is 24.5 Å². The zero-order valence-corrected chi connectivity index (χ0v) is 10.7. The lowest BCUT2D eigenvalue weighted by molar-refractivity contribution is -0.0502. The molecule has 0 bridgehead atoms. The SMILES string of the molecule is COC1(C)CCCN(CCNC(C)C)C1. The molecule has 1 aliphatic rings. The van der Waals surface area contributed by atoms with Gasteiger partial charge in [-0.15, -0.1) is 0 Å². The Balaban J connectivity index is 2.24. The van der Waals surface area contributed by atoms with Crippen LogP contribution >= 0.6 is 0 Å². The molecule has 1 rings (SSSR count). The van der Waals surface area contributed by atoms with Gasteiger partial charge in [0.05, 0.1) is 5.60 Å². The molecule has 3 nitrogen and oxygen atoms in total. The molecule has 1 atom stereocenters. The smallest absolute Gasteiger partial charge is 0.0777 e. The first kappa shape index (κ1) is 12.9. The number of likely N-dealkylation sites (tertiary alicyclic amines) is 1. The van der Waals surface area contributed by atoms with Gasteiger partial charge in [-0.25, -0.2) is 0 Å². The summed E-state index contributed by atoms with van der Waals surface area (Å²) in [5.74, 6) is 0. The third kappa shape index (κ3) is 4.49. The Morgan fingerprint density at radius 3 is 2.80 bits per heavy atom. The third-order valence-corrected chi connectivity index (χ3v) is 3.21. The van der Waals surface area contributed by atoms with Crippen LogP contribution in [0, 0.1) is 0 Å². The summed E-state index contributed by atoms with van der Waals surface area (Å²) in [6, 6.07) is 0.587. The van der Waals surface area contributed by atoms with Gasteiger partial charge in [0.15, 0.2) is 0 Å². The van der Waals surface area contributed by atoms with Gasteiger partial charge in [0.1, 0.15) is 0 Å². The van der Waals surface area contributed by atoms with Gasteiger partial charge in [-0.1, -0.05) is 13.8 Å². The second-order valence-corrected chi connectivity index (χ2v) is 5.14. The molecule has 0 aromatic carbocycles. The minimum Gasteiger partial charge on any atom is -0.377 e. The highest BCUT2D eigenvalue weighted by molar-refractivity contribution is 4.84. The third-order valence-electron chi connectivity index (χ3n) is 3.21. The molecule has 0 saturated carbocycles. The molecule has 1 heterocycles. The minimum absolute atomic E-state index is 0.0794. The summed E-state index contributed by atoms with van der Waals surface area (Å²) in [6.07, 6.45) is 2.45. The molecule has 1 aliphatic heterocycles. The van der Waals surface area contributed by atoms with Crippen molar-refractivity contribution in [1.29, 1.82) is 0 Å². The number of methoxy groups -OCH3 is 1. The predicted octanol–water partition coefficient (Wildman–Crippen LogP) is 1.49. The van der Waals surface area contributed by atoms with Crippen LogP contribution in [0.5, 0.6) is 0 Å². The molecule has 0 spiro atoms. The first-order chi connectivity index (χ1) is 7.06. The molecule has 15 heavy (non-hydrogen) atoms. The fourth-order valence-electron chi connectivity index (χ4n) is 2.18. The number of ether oxygens (including phenoxy) is 1.